The van der Waals surface area contributed by atoms with E-state index in [2.05, 4.69) is 0 Å². The van der Waals surface area contributed by atoms with Gasteiger partial charge in [-0.1, -0.05) is 0 Å². The zero-order valence-corrected chi connectivity index (χ0v) is 7.07. The van der Waals surface area contributed by atoms with Gasteiger partial charge in [-0.25, -0.2) is 4.39 Å². The van der Waals surface area contributed by atoms with Crippen LogP contribution in [-0.4, -0.2) is 11.5 Å². The molecule has 0 aromatic heterocycles. The largest absolute Gasteiger partial charge is 0.482 e. The molecule has 1 aromatic rings. The highest BCUT2D eigenvalue weighted by molar-refractivity contribution is 5.60. The van der Waals surface area contributed by atoms with E-state index in [4.69, 9.17) is 4.74 Å². The van der Waals surface area contributed by atoms with Crippen LogP contribution in [0.3, 0.4) is 0 Å². The van der Waals surface area contributed by atoms with E-state index in [9.17, 15) is 14.5 Å². The lowest BCUT2D eigenvalue weighted by Gasteiger charge is -2.12. The second kappa shape index (κ2) is 3.10. The van der Waals surface area contributed by atoms with E-state index in [1.807, 2.05) is 0 Å². The lowest BCUT2D eigenvalue weighted by molar-refractivity contribution is -0.427. The van der Waals surface area contributed by atoms with Gasteiger partial charge in [0.1, 0.15) is 11.6 Å². The molecule has 1 heterocycles. The molecule has 72 valence electrons. The van der Waals surface area contributed by atoms with E-state index in [1.165, 1.54) is 24.3 Å². The molecule has 0 N–H and O–H groups in total. The SMILES string of the molecule is O=[N+]([O-])C1=Cc2cc(F)ccc2OC1. The molecular formula is C9H6FNO3. The van der Waals surface area contributed by atoms with Gasteiger partial charge in [-0.15, -0.1) is 0 Å². The van der Waals surface area contributed by atoms with Crippen molar-refractivity contribution in [2.45, 2.75) is 0 Å². The summed E-state index contributed by atoms with van der Waals surface area (Å²) in [6, 6.07) is 3.92. The van der Waals surface area contributed by atoms with Gasteiger partial charge in [0.2, 0.25) is 0 Å². The molecule has 5 heteroatoms. The third kappa shape index (κ3) is 1.44. The van der Waals surface area contributed by atoms with E-state index in [0.29, 0.717) is 11.3 Å². The summed E-state index contributed by atoms with van der Waals surface area (Å²) in [6.07, 6.45) is 1.32. The molecule has 4 nitrogen and oxygen atoms in total. The van der Waals surface area contributed by atoms with E-state index < -0.39 is 10.7 Å². The zero-order chi connectivity index (χ0) is 10.1. The summed E-state index contributed by atoms with van der Waals surface area (Å²) in [4.78, 5) is 9.88. The van der Waals surface area contributed by atoms with Gasteiger partial charge in [0.15, 0.2) is 6.61 Å². The minimum atomic E-state index is -0.534. The maximum atomic E-state index is 12.8. The summed E-state index contributed by atoms with van der Waals surface area (Å²) in [7, 11) is 0. The van der Waals surface area contributed by atoms with Crippen LogP contribution in [0.4, 0.5) is 4.39 Å². The van der Waals surface area contributed by atoms with Crippen molar-refractivity contribution in [3.05, 3.63) is 45.4 Å². The summed E-state index contributed by atoms with van der Waals surface area (Å²) in [5.74, 6) is 0.0326. The standard InChI is InChI=1S/C9H6FNO3/c10-7-1-2-9-6(3-7)4-8(5-14-9)11(12)13/h1-4H,5H2. The quantitative estimate of drug-likeness (QED) is 0.507. The first-order chi connectivity index (χ1) is 6.66. The monoisotopic (exact) mass is 195 g/mol. The van der Waals surface area contributed by atoms with Gasteiger partial charge >= 0.3 is 0 Å². The van der Waals surface area contributed by atoms with Crippen molar-refractivity contribution in [3.63, 3.8) is 0 Å². The Morgan fingerprint density at radius 3 is 3.00 bits per heavy atom. The molecule has 1 aromatic carbocycles. The van der Waals surface area contributed by atoms with Crippen molar-refractivity contribution >= 4 is 6.08 Å². The Kier molecular flexibility index (Phi) is 1.92. The second-order valence-corrected chi connectivity index (χ2v) is 2.86. The third-order valence-corrected chi connectivity index (χ3v) is 1.90. The molecule has 14 heavy (non-hydrogen) atoms. The maximum Gasteiger partial charge on any atom is 0.284 e. The zero-order valence-electron chi connectivity index (χ0n) is 7.07. The number of rotatable bonds is 1. The average Bonchev–Trinajstić information content (AvgIpc) is 2.16. The molecule has 0 radical (unpaired) electrons. The number of nitrogens with zero attached hydrogens (tertiary/aromatic N) is 1. The minimum absolute atomic E-state index is 0.0666. The van der Waals surface area contributed by atoms with Crippen molar-refractivity contribution in [3.8, 4) is 5.75 Å². The van der Waals surface area contributed by atoms with Gasteiger partial charge in [-0.05, 0) is 18.2 Å². The fourth-order valence-corrected chi connectivity index (χ4v) is 1.24. The highest BCUT2D eigenvalue weighted by Crippen LogP contribution is 2.26. The maximum absolute atomic E-state index is 12.8. The second-order valence-electron chi connectivity index (χ2n) is 2.86. The van der Waals surface area contributed by atoms with Gasteiger partial charge in [0.25, 0.3) is 5.70 Å². The summed E-state index contributed by atoms with van der Waals surface area (Å²) in [5, 5.41) is 10.4. The van der Waals surface area contributed by atoms with E-state index in [-0.39, 0.29) is 12.3 Å². The first-order valence-corrected chi connectivity index (χ1v) is 3.94. The van der Waals surface area contributed by atoms with Crippen LogP contribution >= 0.6 is 0 Å². The Hall–Kier alpha value is -1.91. The van der Waals surface area contributed by atoms with E-state index in [0.717, 1.165) is 0 Å². The van der Waals surface area contributed by atoms with Gasteiger partial charge in [0.05, 0.1) is 4.92 Å². The molecule has 0 saturated heterocycles. The molecule has 1 aliphatic rings. The average molecular weight is 195 g/mol. The molecule has 0 spiro atoms. The fourth-order valence-electron chi connectivity index (χ4n) is 1.24. The van der Waals surface area contributed by atoms with Gasteiger partial charge in [-0.2, -0.15) is 0 Å². The van der Waals surface area contributed by atoms with Crippen molar-refractivity contribution in [1.29, 1.82) is 0 Å². The number of hydrogen-bond acceptors (Lipinski definition) is 3. The lowest BCUT2D eigenvalue weighted by Crippen LogP contribution is -2.13. The summed E-state index contributed by atoms with van der Waals surface area (Å²) >= 11 is 0. The lowest BCUT2D eigenvalue weighted by atomic mass is 10.1. The van der Waals surface area contributed by atoms with Crippen molar-refractivity contribution in [2.75, 3.05) is 6.61 Å². The van der Waals surface area contributed by atoms with Crippen molar-refractivity contribution < 1.29 is 14.1 Å². The first kappa shape index (κ1) is 8.68. The van der Waals surface area contributed by atoms with Crippen LogP contribution in [0, 0.1) is 15.9 Å². The van der Waals surface area contributed by atoms with Crippen LogP contribution in [0.15, 0.2) is 23.9 Å². The molecule has 0 unspecified atom stereocenters. The number of halogens is 1. The molecule has 0 atom stereocenters. The molecule has 0 aliphatic carbocycles. The van der Waals surface area contributed by atoms with Gasteiger partial charge < -0.3 is 4.74 Å². The molecule has 0 fully saturated rings. The van der Waals surface area contributed by atoms with Crippen LogP contribution in [-0.2, 0) is 0 Å². The Balaban J connectivity index is 2.47. The van der Waals surface area contributed by atoms with Crippen LogP contribution in [0.2, 0.25) is 0 Å². The molecule has 0 bridgehead atoms. The van der Waals surface area contributed by atoms with Gasteiger partial charge in [0, 0.05) is 11.6 Å². The highest BCUT2D eigenvalue weighted by Gasteiger charge is 2.19. The molecule has 1 aliphatic heterocycles. The van der Waals surface area contributed by atoms with Crippen LogP contribution in [0.25, 0.3) is 6.08 Å². The predicted octanol–water partition coefficient (Wildman–Crippen LogP) is 1.84. The van der Waals surface area contributed by atoms with E-state index >= 15 is 0 Å². The van der Waals surface area contributed by atoms with Crippen molar-refractivity contribution in [2.24, 2.45) is 0 Å². The van der Waals surface area contributed by atoms with Crippen molar-refractivity contribution in [1.82, 2.24) is 0 Å². The summed E-state index contributed by atoms with van der Waals surface area (Å²) < 4.78 is 17.8. The van der Waals surface area contributed by atoms with E-state index in [1.54, 1.807) is 0 Å². The molecular weight excluding hydrogens is 189 g/mol. The van der Waals surface area contributed by atoms with Crippen LogP contribution < -0.4 is 4.74 Å². The number of fused-ring (bicyclic) bond motifs is 1. The number of hydrogen-bond donors (Lipinski definition) is 0. The third-order valence-electron chi connectivity index (χ3n) is 1.90. The number of nitro groups is 1. The first-order valence-electron chi connectivity index (χ1n) is 3.94. The minimum Gasteiger partial charge on any atom is -0.482 e. The fraction of sp³-hybridized carbons (Fsp3) is 0.111. The highest BCUT2D eigenvalue weighted by atomic mass is 19.1. The topological polar surface area (TPSA) is 52.4 Å². The predicted molar refractivity (Wildman–Crippen MR) is 46.9 cm³/mol. The summed E-state index contributed by atoms with van der Waals surface area (Å²) in [5.41, 5.74) is 0.339. The Morgan fingerprint density at radius 1 is 1.50 bits per heavy atom. The Bertz CT molecular complexity index is 428. The smallest absolute Gasteiger partial charge is 0.284 e. The normalized spacial score (nSPS) is 13.9. The van der Waals surface area contributed by atoms with Crippen LogP contribution in [0.5, 0.6) is 5.75 Å². The number of ether oxygens (including phenoxy) is 1. The number of benzene rings is 1. The summed E-state index contributed by atoms with van der Waals surface area (Å²) in [6.45, 7) is -0.0777. The molecule has 2 rings (SSSR count). The Morgan fingerprint density at radius 2 is 2.29 bits per heavy atom. The Labute approximate surface area is 78.8 Å². The van der Waals surface area contributed by atoms with Gasteiger partial charge in [-0.3, -0.25) is 10.1 Å². The van der Waals surface area contributed by atoms with Crippen LogP contribution in [0.1, 0.15) is 5.56 Å². The molecule has 0 amide bonds. The molecule has 0 saturated carbocycles.